The zero-order chi connectivity index (χ0) is 14.6. The molecule has 1 aromatic rings. The molecule has 0 fully saturated rings. The maximum atomic E-state index is 10.9. The van der Waals surface area contributed by atoms with Crippen molar-refractivity contribution >= 4 is 11.5 Å². The van der Waals surface area contributed by atoms with Crippen LogP contribution in [-0.4, -0.2) is 17.2 Å². The molecular weight excluding hydrogens is 240 g/mol. The summed E-state index contributed by atoms with van der Waals surface area (Å²) in [5.74, 6) is 0.0911. The number of benzene rings is 1. The van der Waals surface area contributed by atoms with Gasteiger partial charge in [-0.2, -0.15) is 0 Å². The summed E-state index contributed by atoms with van der Waals surface area (Å²) in [6.45, 7) is 9.92. The Kier molecular flexibility index (Phi) is 5.16. The molecule has 0 aliphatic carbocycles. The van der Waals surface area contributed by atoms with Crippen LogP contribution in [0.25, 0.3) is 5.57 Å². The summed E-state index contributed by atoms with van der Waals surface area (Å²) in [6, 6.07) is 5.80. The van der Waals surface area contributed by atoms with Gasteiger partial charge in [-0.15, -0.1) is 0 Å². The quantitative estimate of drug-likeness (QED) is 0.818. The molecule has 3 heteroatoms. The van der Waals surface area contributed by atoms with Crippen molar-refractivity contribution in [3.8, 4) is 5.75 Å². The van der Waals surface area contributed by atoms with Gasteiger partial charge in [-0.25, -0.2) is 4.79 Å². The Morgan fingerprint density at radius 3 is 2.32 bits per heavy atom. The molecule has 0 aromatic heterocycles. The van der Waals surface area contributed by atoms with Crippen molar-refractivity contribution in [1.82, 2.24) is 0 Å². The average molecular weight is 262 g/mol. The van der Waals surface area contributed by atoms with Crippen LogP contribution in [0.1, 0.15) is 38.8 Å². The molecule has 0 unspecified atom stereocenters. The van der Waals surface area contributed by atoms with Gasteiger partial charge in [0.25, 0.3) is 0 Å². The minimum atomic E-state index is -0.913. The highest BCUT2D eigenvalue weighted by Crippen LogP contribution is 2.28. The first-order valence-electron chi connectivity index (χ1n) is 6.53. The molecule has 0 aliphatic rings. The molecule has 0 atom stereocenters. The summed E-state index contributed by atoms with van der Waals surface area (Å²) in [7, 11) is 0. The minimum absolute atomic E-state index is 0.128. The first-order valence-corrected chi connectivity index (χ1v) is 6.53. The number of carboxylic acids is 1. The molecule has 1 aromatic carbocycles. The Hall–Kier alpha value is -1.77. The normalized spacial score (nSPS) is 12.1. The molecule has 0 amide bonds. The van der Waals surface area contributed by atoms with Crippen molar-refractivity contribution in [2.24, 2.45) is 5.92 Å². The van der Waals surface area contributed by atoms with Gasteiger partial charge >= 0.3 is 5.97 Å². The Morgan fingerprint density at radius 1 is 1.26 bits per heavy atom. The van der Waals surface area contributed by atoms with Crippen molar-refractivity contribution in [2.45, 2.75) is 40.7 Å². The predicted molar refractivity (Wildman–Crippen MR) is 77.4 cm³/mol. The van der Waals surface area contributed by atoms with Crippen molar-refractivity contribution in [2.75, 3.05) is 0 Å². The van der Waals surface area contributed by atoms with E-state index >= 15 is 0 Å². The highest BCUT2D eigenvalue weighted by atomic mass is 16.5. The van der Waals surface area contributed by atoms with Gasteiger partial charge in [0.1, 0.15) is 5.75 Å². The topological polar surface area (TPSA) is 46.5 Å². The van der Waals surface area contributed by atoms with E-state index in [1.807, 2.05) is 52.8 Å². The molecule has 0 heterocycles. The summed E-state index contributed by atoms with van der Waals surface area (Å²) in [6.07, 6.45) is 1.41. The third kappa shape index (κ3) is 4.43. The van der Waals surface area contributed by atoms with E-state index in [-0.39, 0.29) is 12.0 Å². The van der Waals surface area contributed by atoms with Crippen LogP contribution in [0.5, 0.6) is 5.75 Å². The summed E-state index contributed by atoms with van der Waals surface area (Å²) in [5.41, 5.74) is 2.78. The fourth-order valence-corrected chi connectivity index (χ4v) is 1.93. The van der Waals surface area contributed by atoms with E-state index in [4.69, 9.17) is 9.84 Å². The summed E-state index contributed by atoms with van der Waals surface area (Å²) < 4.78 is 5.69. The van der Waals surface area contributed by atoms with E-state index < -0.39 is 5.97 Å². The monoisotopic (exact) mass is 262 g/mol. The van der Waals surface area contributed by atoms with Gasteiger partial charge in [-0.05, 0) is 55.5 Å². The van der Waals surface area contributed by atoms with Crippen LogP contribution in [0.3, 0.4) is 0 Å². The van der Waals surface area contributed by atoms with E-state index in [2.05, 4.69) is 0 Å². The first-order chi connectivity index (χ1) is 8.81. The third-order valence-electron chi connectivity index (χ3n) is 2.77. The lowest BCUT2D eigenvalue weighted by Crippen LogP contribution is -2.07. The zero-order valence-electron chi connectivity index (χ0n) is 12.2. The van der Waals surface area contributed by atoms with E-state index in [9.17, 15) is 4.79 Å². The molecule has 1 rings (SSSR count). The SMILES string of the molecule is Cc1cc(/C(=C/C(=O)O)C(C)C)ccc1OC(C)C. The number of aryl methyl sites for hydroxylation is 1. The van der Waals surface area contributed by atoms with E-state index in [1.165, 1.54) is 6.08 Å². The number of hydrogen-bond donors (Lipinski definition) is 1. The summed E-state index contributed by atoms with van der Waals surface area (Å²) in [5, 5.41) is 8.94. The van der Waals surface area contributed by atoms with Gasteiger partial charge in [0, 0.05) is 6.08 Å². The van der Waals surface area contributed by atoms with Gasteiger partial charge in [-0.3, -0.25) is 0 Å². The molecule has 1 N–H and O–H groups in total. The van der Waals surface area contributed by atoms with Gasteiger partial charge < -0.3 is 9.84 Å². The lowest BCUT2D eigenvalue weighted by Gasteiger charge is -2.16. The maximum Gasteiger partial charge on any atom is 0.328 e. The van der Waals surface area contributed by atoms with Gasteiger partial charge in [0.2, 0.25) is 0 Å². The van der Waals surface area contributed by atoms with Crippen LogP contribution in [0.4, 0.5) is 0 Å². The van der Waals surface area contributed by atoms with Crippen molar-refractivity contribution < 1.29 is 14.6 Å². The van der Waals surface area contributed by atoms with E-state index in [0.717, 1.165) is 22.4 Å². The third-order valence-corrected chi connectivity index (χ3v) is 2.77. The first kappa shape index (κ1) is 15.3. The Bertz CT molecular complexity index is 485. The molecule has 3 nitrogen and oxygen atoms in total. The minimum Gasteiger partial charge on any atom is -0.491 e. The van der Waals surface area contributed by atoms with Crippen LogP contribution >= 0.6 is 0 Å². The fourth-order valence-electron chi connectivity index (χ4n) is 1.93. The van der Waals surface area contributed by atoms with E-state index in [0.29, 0.717) is 0 Å². The molecule has 104 valence electrons. The number of allylic oxidation sites excluding steroid dienone is 1. The van der Waals surface area contributed by atoms with Crippen LogP contribution in [0.15, 0.2) is 24.3 Å². The van der Waals surface area contributed by atoms with Crippen LogP contribution in [0, 0.1) is 12.8 Å². The summed E-state index contributed by atoms with van der Waals surface area (Å²) in [4.78, 5) is 10.9. The second-order valence-electron chi connectivity index (χ2n) is 5.24. The molecule has 19 heavy (non-hydrogen) atoms. The smallest absolute Gasteiger partial charge is 0.328 e. The molecule has 0 aliphatic heterocycles. The van der Waals surface area contributed by atoms with Crippen molar-refractivity contribution in [1.29, 1.82) is 0 Å². The predicted octanol–water partition coefficient (Wildman–Crippen LogP) is 3.91. The second-order valence-corrected chi connectivity index (χ2v) is 5.24. The Balaban J connectivity index is 3.14. The summed E-state index contributed by atoms with van der Waals surface area (Å²) >= 11 is 0. The second kappa shape index (κ2) is 6.41. The number of ether oxygens (including phenoxy) is 1. The Labute approximate surface area is 114 Å². The number of hydrogen-bond acceptors (Lipinski definition) is 2. The van der Waals surface area contributed by atoms with Crippen LogP contribution in [-0.2, 0) is 4.79 Å². The standard InChI is InChI=1S/C16H22O3/c1-10(2)14(9-16(17)18)13-6-7-15(12(5)8-13)19-11(3)4/h6-11H,1-5H3,(H,17,18)/b14-9+. The van der Waals surface area contributed by atoms with Gasteiger partial charge in [0.15, 0.2) is 0 Å². The average Bonchev–Trinajstić information content (AvgIpc) is 2.27. The van der Waals surface area contributed by atoms with Crippen LogP contribution in [0.2, 0.25) is 0 Å². The molecule has 0 bridgehead atoms. The largest absolute Gasteiger partial charge is 0.491 e. The number of carboxylic acid groups (broad SMARTS) is 1. The molecule has 0 saturated heterocycles. The fraction of sp³-hybridized carbons (Fsp3) is 0.438. The van der Waals surface area contributed by atoms with Crippen LogP contribution < -0.4 is 4.74 Å². The molecule has 0 saturated carbocycles. The van der Waals surface area contributed by atoms with Crippen molar-refractivity contribution in [3.05, 3.63) is 35.4 Å². The number of rotatable bonds is 5. The highest BCUT2D eigenvalue weighted by molar-refractivity contribution is 5.90. The molecule has 0 radical (unpaired) electrons. The zero-order valence-corrected chi connectivity index (χ0v) is 12.2. The van der Waals surface area contributed by atoms with Gasteiger partial charge in [-0.1, -0.05) is 19.9 Å². The highest BCUT2D eigenvalue weighted by Gasteiger charge is 2.11. The lowest BCUT2D eigenvalue weighted by atomic mass is 9.93. The van der Waals surface area contributed by atoms with Crippen molar-refractivity contribution in [3.63, 3.8) is 0 Å². The molecular formula is C16H22O3. The molecule has 0 spiro atoms. The van der Waals surface area contributed by atoms with Gasteiger partial charge in [0.05, 0.1) is 6.10 Å². The lowest BCUT2D eigenvalue weighted by molar-refractivity contribution is -0.131. The number of aliphatic carboxylic acids is 1. The maximum absolute atomic E-state index is 10.9. The van der Waals surface area contributed by atoms with E-state index in [1.54, 1.807) is 0 Å². The Morgan fingerprint density at radius 2 is 1.89 bits per heavy atom. The number of carbonyl (C=O) groups is 1.